The average Bonchev–Trinajstić information content (AvgIpc) is 2.20. The summed E-state index contributed by atoms with van der Waals surface area (Å²) < 4.78 is 5.42. The molecule has 84 valence electrons. The lowest BCUT2D eigenvalue weighted by Gasteiger charge is -2.08. The summed E-state index contributed by atoms with van der Waals surface area (Å²) in [6, 6.07) is 3.62. The minimum absolute atomic E-state index is 0.573. The second-order valence-electron chi connectivity index (χ2n) is 3.73. The van der Waals surface area contributed by atoms with Crippen molar-refractivity contribution in [2.75, 3.05) is 25.1 Å². The van der Waals surface area contributed by atoms with Crippen molar-refractivity contribution in [1.29, 1.82) is 0 Å². The van der Waals surface area contributed by atoms with E-state index < -0.39 is 0 Å². The number of ether oxygens (including phenoxy) is 1. The van der Waals surface area contributed by atoms with Crippen LogP contribution in [0.25, 0.3) is 0 Å². The van der Waals surface area contributed by atoms with Crippen LogP contribution >= 0.6 is 11.6 Å². The van der Waals surface area contributed by atoms with Crippen LogP contribution in [0.1, 0.15) is 13.8 Å². The maximum absolute atomic E-state index is 5.92. The second kappa shape index (κ2) is 6.64. The van der Waals surface area contributed by atoms with Crippen LogP contribution in [0.5, 0.6) is 0 Å². The smallest absolute Gasteiger partial charge is 0.144 e. The molecule has 1 N–H and O–H groups in total. The van der Waals surface area contributed by atoms with Crippen molar-refractivity contribution in [2.45, 2.75) is 13.8 Å². The Bertz CT molecular complexity index is 292. The highest BCUT2D eigenvalue weighted by Crippen LogP contribution is 2.16. The van der Waals surface area contributed by atoms with E-state index in [0.29, 0.717) is 23.4 Å². The van der Waals surface area contributed by atoms with Crippen molar-refractivity contribution in [3.8, 4) is 0 Å². The van der Waals surface area contributed by atoms with Crippen LogP contribution in [0.2, 0.25) is 5.02 Å². The Morgan fingerprint density at radius 1 is 1.53 bits per heavy atom. The molecule has 0 unspecified atom stereocenters. The summed E-state index contributed by atoms with van der Waals surface area (Å²) in [6.07, 6.45) is 1.71. The molecule has 0 aliphatic carbocycles. The van der Waals surface area contributed by atoms with Crippen LogP contribution in [-0.2, 0) is 4.74 Å². The van der Waals surface area contributed by atoms with Gasteiger partial charge in [-0.1, -0.05) is 25.4 Å². The van der Waals surface area contributed by atoms with E-state index in [-0.39, 0.29) is 0 Å². The standard InChI is InChI=1S/C11H17ClN2O/c1-9(2)8-15-7-6-14-11-10(12)4-3-5-13-11/h3-5,9H,6-8H2,1-2H3,(H,13,14). The van der Waals surface area contributed by atoms with Gasteiger partial charge in [-0.25, -0.2) is 4.98 Å². The van der Waals surface area contributed by atoms with Crippen LogP contribution in [0, 0.1) is 5.92 Å². The van der Waals surface area contributed by atoms with Crippen molar-refractivity contribution in [1.82, 2.24) is 4.98 Å². The molecule has 0 saturated carbocycles. The third kappa shape index (κ3) is 5.00. The molecule has 0 radical (unpaired) electrons. The summed E-state index contributed by atoms with van der Waals surface area (Å²) in [7, 11) is 0. The summed E-state index contributed by atoms with van der Waals surface area (Å²) in [5.74, 6) is 1.29. The first-order valence-corrected chi connectivity index (χ1v) is 5.50. The Kier molecular flexibility index (Phi) is 5.43. The van der Waals surface area contributed by atoms with Crippen LogP contribution < -0.4 is 5.32 Å². The van der Waals surface area contributed by atoms with Gasteiger partial charge >= 0.3 is 0 Å². The largest absolute Gasteiger partial charge is 0.379 e. The summed E-state index contributed by atoms with van der Waals surface area (Å²) in [4.78, 5) is 4.11. The first-order chi connectivity index (χ1) is 7.20. The zero-order valence-electron chi connectivity index (χ0n) is 9.16. The van der Waals surface area contributed by atoms with Crippen molar-refractivity contribution in [3.63, 3.8) is 0 Å². The minimum Gasteiger partial charge on any atom is -0.379 e. The molecule has 15 heavy (non-hydrogen) atoms. The fourth-order valence-corrected chi connectivity index (χ4v) is 1.26. The number of pyridine rings is 1. The van der Waals surface area contributed by atoms with E-state index in [9.17, 15) is 0 Å². The summed E-state index contributed by atoms with van der Waals surface area (Å²) in [5.41, 5.74) is 0. The predicted octanol–water partition coefficient (Wildman–Crippen LogP) is 2.82. The summed E-state index contributed by atoms with van der Waals surface area (Å²) in [6.45, 7) is 6.44. The van der Waals surface area contributed by atoms with Gasteiger partial charge in [-0.15, -0.1) is 0 Å². The van der Waals surface area contributed by atoms with Gasteiger partial charge in [-0.3, -0.25) is 0 Å². The predicted molar refractivity (Wildman–Crippen MR) is 63.4 cm³/mol. The quantitative estimate of drug-likeness (QED) is 0.761. The van der Waals surface area contributed by atoms with Gasteiger partial charge in [0.05, 0.1) is 11.6 Å². The lowest BCUT2D eigenvalue weighted by Crippen LogP contribution is -2.12. The molecule has 0 atom stereocenters. The molecule has 0 bridgehead atoms. The lowest BCUT2D eigenvalue weighted by molar-refractivity contribution is 0.118. The van der Waals surface area contributed by atoms with Crippen LogP contribution in [-0.4, -0.2) is 24.7 Å². The maximum atomic E-state index is 5.92. The van der Waals surface area contributed by atoms with E-state index in [1.54, 1.807) is 6.20 Å². The number of hydrogen-bond acceptors (Lipinski definition) is 3. The Hall–Kier alpha value is -0.800. The van der Waals surface area contributed by atoms with Gasteiger partial charge in [-0.05, 0) is 18.1 Å². The zero-order chi connectivity index (χ0) is 11.1. The van der Waals surface area contributed by atoms with Crippen molar-refractivity contribution in [3.05, 3.63) is 23.4 Å². The Morgan fingerprint density at radius 2 is 2.33 bits per heavy atom. The fraction of sp³-hybridized carbons (Fsp3) is 0.545. The molecule has 0 aromatic carbocycles. The minimum atomic E-state index is 0.573. The number of halogens is 1. The molecule has 0 aliphatic rings. The van der Waals surface area contributed by atoms with E-state index in [2.05, 4.69) is 24.1 Å². The molecule has 1 aromatic heterocycles. The van der Waals surface area contributed by atoms with Gasteiger partial charge in [0, 0.05) is 19.3 Å². The van der Waals surface area contributed by atoms with Crippen LogP contribution in [0.4, 0.5) is 5.82 Å². The molecule has 0 amide bonds. The lowest BCUT2D eigenvalue weighted by atomic mass is 10.2. The number of aromatic nitrogens is 1. The van der Waals surface area contributed by atoms with Gasteiger partial charge in [0.25, 0.3) is 0 Å². The Balaban J connectivity index is 2.18. The van der Waals surface area contributed by atoms with E-state index in [4.69, 9.17) is 16.3 Å². The zero-order valence-corrected chi connectivity index (χ0v) is 9.92. The molecular weight excluding hydrogens is 212 g/mol. The van der Waals surface area contributed by atoms with Gasteiger partial charge in [0.2, 0.25) is 0 Å². The average molecular weight is 229 g/mol. The highest BCUT2D eigenvalue weighted by atomic mass is 35.5. The molecule has 1 aromatic rings. The molecule has 0 spiro atoms. The third-order valence-electron chi connectivity index (χ3n) is 1.75. The monoisotopic (exact) mass is 228 g/mol. The van der Waals surface area contributed by atoms with Crippen molar-refractivity contribution in [2.24, 2.45) is 5.92 Å². The number of nitrogens with zero attached hydrogens (tertiary/aromatic N) is 1. The normalized spacial score (nSPS) is 10.7. The number of hydrogen-bond donors (Lipinski definition) is 1. The molecule has 1 rings (SSSR count). The third-order valence-corrected chi connectivity index (χ3v) is 2.05. The Morgan fingerprint density at radius 3 is 3.00 bits per heavy atom. The van der Waals surface area contributed by atoms with E-state index in [1.165, 1.54) is 0 Å². The summed E-state index contributed by atoms with van der Waals surface area (Å²) >= 11 is 5.92. The van der Waals surface area contributed by atoms with Gasteiger partial charge in [-0.2, -0.15) is 0 Å². The highest BCUT2D eigenvalue weighted by Gasteiger charge is 1.98. The Labute approximate surface area is 95.8 Å². The molecular formula is C11H17ClN2O. The second-order valence-corrected chi connectivity index (χ2v) is 4.14. The van der Waals surface area contributed by atoms with Gasteiger partial charge in [0.1, 0.15) is 5.82 Å². The van der Waals surface area contributed by atoms with Gasteiger partial charge in [0.15, 0.2) is 0 Å². The topological polar surface area (TPSA) is 34.1 Å². The highest BCUT2D eigenvalue weighted by molar-refractivity contribution is 6.32. The van der Waals surface area contributed by atoms with Crippen LogP contribution in [0.15, 0.2) is 18.3 Å². The van der Waals surface area contributed by atoms with E-state index in [1.807, 2.05) is 12.1 Å². The maximum Gasteiger partial charge on any atom is 0.144 e. The molecule has 3 nitrogen and oxygen atoms in total. The molecule has 4 heteroatoms. The molecule has 0 fully saturated rings. The van der Waals surface area contributed by atoms with Crippen LogP contribution in [0.3, 0.4) is 0 Å². The first-order valence-electron chi connectivity index (χ1n) is 5.12. The van der Waals surface area contributed by atoms with Crippen molar-refractivity contribution >= 4 is 17.4 Å². The summed E-state index contributed by atoms with van der Waals surface area (Å²) in [5, 5.41) is 3.76. The number of anilines is 1. The van der Waals surface area contributed by atoms with Crippen molar-refractivity contribution < 1.29 is 4.74 Å². The van der Waals surface area contributed by atoms with Gasteiger partial charge < -0.3 is 10.1 Å². The van der Waals surface area contributed by atoms with E-state index in [0.717, 1.165) is 13.2 Å². The molecule has 0 aliphatic heterocycles. The SMILES string of the molecule is CC(C)COCCNc1ncccc1Cl. The first kappa shape index (κ1) is 12.3. The number of rotatable bonds is 6. The molecule has 0 saturated heterocycles. The molecule has 1 heterocycles. The van der Waals surface area contributed by atoms with E-state index >= 15 is 0 Å². The fourth-order valence-electron chi connectivity index (χ4n) is 1.08. The number of nitrogens with one attached hydrogen (secondary N) is 1.